The lowest BCUT2D eigenvalue weighted by atomic mass is 10.2. The fourth-order valence-corrected chi connectivity index (χ4v) is 2.20. The highest BCUT2D eigenvalue weighted by Gasteiger charge is 2.10. The molecule has 122 valence electrons. The first-order chi connectivity index (χ1) is 11.7. The summed E-state index contributed by atoms with van der Waals surface area (Å²) in [6.07, 6.45) is 0. The second-order valence-electron chi connectivity index (χ2n) is 4.83. The Bertz CT molecular complexity index is 846. The zero-order chi connectivity index (χ0) is 16.9. The average molecular weight is 345 g/mol. The molecule has 0 amide bonds. The molecule has 1 heterocycles. The van der Waals surface area contributed by atoms with Crippen LogP contribution in [-0.4, -0.2) is 23.2 Å². The van der Waals surface area contributed by atoms with Gasteiger partial charge in [-0.15, -0.1) is 0 Å². The number of ether oxygens (including phenoxy) is 2. The number of hydrogen-bond acceptors (Lipinski definition) is 6. The fraction of sp³-hybridized carbons (Fsp3) is 0.118. The number of halogens is 1. The van der Waals surface area contributed by atoms with Crippen molar-refractivity contribution in [1.29, 1.82) is 0 Å². The molecule has 0 saturated heterocycles. The molecular formula is C17H13ClN2O4. The first kappa shape index (κ1) is 16.0. The molecule has 7 heteroatoms. The van der Waals surface area contributed by atoms with Crippen LogP contribution in [0.4, 0.5) is 0 Å². The molecule has 0 atom stereocenters. The molecule has 0 radical (unpaired) electrons. The van der Waals surface area contributed by atoms with Crippen LogP contribution < -0.4 is 4.74 Å². The van der Waals surface area contributed by atoms with E-state index in [1.807, 2.05) is 12.1 Å². The van der Waals surface area contributed by atoms with Gasteiger partial charge in [0.2, 0.25) is 5.82 Å². The minimum atomic E-state index is -0.399. The maximum absolute atomic E-state index is 11.4. The SMILES string of the molecule is COC(=O)c1ccc(OCc2nc(-c3cccc(Cl)c3)no2)cc1. The Hall–Kier alpha value is -2.86. The molecule has 0 unspecified atom stereocenters. The second kappa shape index (κ2) is 7.14. The van der Waals surface area contributed by atoms with Crippen LogP contribution in [-0.2, 0) is 11.3 Å². The summed E-state index contributed by atoms with van der Waals surface area (Å²) in [6.45, 7) is 0.116. The zero-order valence-corrected chi connectivity index (χ0v) is 13.5. The Morgan fingerprint density at radius 2 is 2.00 bits per heavy atom. The van der Waals surface area contributed by atoms with Crippen molar-refractivity contribution in [3.8, 4) is 17.1 Å². The number of nitrogens with zero attached hydrogens (tertiary/aromatic N) is 2. The van der Waals surface area contributed by atoms with Crippen molar-refractivity contribution in [1.82, 2.24) is 10.1 Å². The van der Waals surface area contributed by atoms with Crippen LogP contribution in [0.3, 0.4) is 0 Å². The molecule has 24 heavy (non-hydrogen) atoms. The third kappa shape index (κ3) is 3.72. The third-order valence-electron chi connectivity index (χ3n) is 3.19. The van der Waals surface area contributed by atoms with E-state index in [9.17, 15) is 4.79 Å². The van der Waals surface area contributed by atoms with E-state index >= 15 is 0 Å². The van der Waals surface area contributed by atoms with Gasteiger partial charge >= 0.3 is 5.97 Å². The predicted molar refractivity (Wildman–Crippen MR) is 86.9 cm³/mol. The Balaban J connectivity index is 1.64. The van der Waals surface area contributed by atoms with Gasteiger partial charge < -0.3 is 14.0 Å². The van der Waals surface area contributed by atoms with E-state index in [-0.39, 0.29) is 6.61 Å². The summed E-state index contributed by atoms with van der Waals surface area (Å²) in [7, 11) is 1.33. The standard InChI is InChI=1S/C17H13ClN2O4/c1-22-17(21)11-5-7-14(8-6-11)23-10-15-19-16(20-24-15)12-3-2-4-13(18)9-12/h2-9H,10H2,1H3. The molecule has 0 aliphatic heterocycles. The summed E-state index contributed by atoms with van der Waals surface area (Å²) in [6, 6.07) is 13.7. The lowest BCUT2D eigenvalue weighted by molar-refractivity contribution is 0.0600. The van der Waals surface area contributed by atoms with E-state index in [2.05, 4.69) is 14.9 Å². The molecule has 0 aliphatic rings. The number of methoxy groups -OCH3 is 1. The molecule has 0 bridgehead atoms. The smallest absolute Gasteiger partial charge is 0.337 e. The van der Waals surface area contributed by atoms with Crippen LogP contribution in [0.5, 0.6) is 5.75 Å². The van der Waals surface area contributed by atoms with Crippen molar-refractivity contribution in [3.05, 3.63) is 65.0 Å². The highest BCUT2D eigenvalue weighted by Crippen LogP contribution is 2.20. The molecule has 3 rings (SSSR count). The van der Waals surface area contributed by atoms with Crippen LogP contribution >= 0.6 is 11.6 Å². The van der Waals surface area contributed by atoms with Gasteiger partial charge in [-0.25, -0.2) is 4.79 Å². The quantitative estimate of drug-likeness (QED) is 0.656. The van der Waals surface area contributed by atoms with Gasteiger partial charge in [-0.1, -0.05) is 28.9 Å². The number of aromatic nitrogens is 2. The van der Waals surface area contributed by atoms with Gasteiger partial charge in [0.25, 0.3) is 5.89 Å². The summed E-state index contributed by atoms with van der Waals surface area (Å²) in [5.74, 6) is 0.953. The van der Waals surface area contributed by atoms with E-state index in [0.717, 1.165) is 5.56 Å². The maximum atomic E-state index is 11.4. The topological polar surface area (TPSA) is 74.5 Å². The largest absolute Gasteiger partial charge is 0.484 e. The van der Waals surface area contributed by atoms with Crippen LogP contribution in [0, 0.1) is 0 Å². The second-order valence-corrected chi connectivity index (χ2v) is 5.26. The maximum Gasteiger partial charge on any atom is 0.337 e. The summed E-state index contributed by atoms with van der Waals surface area (Å²) >= 11 is 5.94. The van der Waals surface area contributed by atoms with Crippen LogP contribution in [0.1, 0.15) is 16.2 Å². The molecule has 1 aromatic heterocycles. The molecular weight excluding hydrogens is 332 g/mol. The fourth-order valence-electron chi connectivity index (χ4n) is 2.01. The van der Waals surface area contributed by atoms with Gasteiger partial charge in [0.05, 0.1) is 12.7 Å². The van der Waals surface area contributed by atoms with Crippen molar-refractivity contribution >= 4 is 17.6 Å². The average Bonchev–Trinajstić information content (AvgIpc) is 3.09. The first-order valence-corrected chi connectivity index (χ1v) is 7.43. The summed E-state index contributed by atoms with van der Waals surface area (Å²) in [4.78, 5) is 15.6. The van der Waals surface area contributed by atoms with Crippen molar-refractivity contribution in [2.75, 3.05) is 7.11 Å². The highest BCUT2D eigenvalue weighted by atomic mass is 35.5. The molecule has 0 N–H and O–H groups in total. The summed E-state index contributed by atoms with van der Waals surface area (Å²) in [5.41, 5.74) is 1.21. The molecule has 0 saturated carbocycles. The normalized spacial score (nSPS) is 10.4. The Kier molecular flexibility index (Phi) is 4.77. The van der Waals surface area contributed by atoms with Crippen molar-refractivity contribution in [3.63, 3.8) is 0 Å². The minimum absolute atomic E-state index is 0.116. The van der Waals surface area contributed by atoms with Crippen molar-refractivity contribution in [2.24, 2.45) is 0 Å². The van der Waals surface area contributed by atoms with Gasteiger partial charge in [0.15, 0.2) is 6.61 Å². The monoisotopic (exact) mass is 344 g/mol. The van der Waals surface area contributed by atoms with E-state index in [4.69, 9.17) is 20.9 Å². The zero-order valence-electron chi connectivity index (χ0n) is 12.7. The van der Waals surface area contributed by atoms with Gasteiger partial charge in [-0.3, -0.25) is 0 Å². The highest BCUT2D eigenvalue weighted by molar-refractivity contribution is 6.30. The number of rotatable bonds is 5. The minimum Gasteiger partial charge on any atom is -0.484 e. The van der Waals surface area contributed by atoms with E-state index in [1.165, 1.54) is 7.11 Å². The molecule has 0 spiro atoms. The Morgan fingerprint density at radius 3 is 2.71 bits per heavy atom. The molecule has 6 nitrogen and oxygen atoms in total. The number of esters is 1. The number of hydrogen-bond donors (Lipinski definition) is 0. The molecule has 2 aromatic carbocycles. The number of benzene rings is 2. The van der Waals surface area contributed by atoms with Crippen LogP contribution in [0.2, 0.25) is 5.02 Å². The van der Waals surface area contributed by atoms with Gasteiger partial charge in [-0.2, -0.15) is 4.98 Å². The number of carbonyl (C=O) groups is 1. The summed E-state index contributed by atoms with van der Waals surface area (Å²) < 4.78 is 15.4. The molecule has 3 aromatic rings. The number of carbonyl (C=O) groups excluding carboxylic acids is 1. The predicted octanol–water partition coefficient (Wildman–Crippen LogP) is 3.76. The van der Waals surface area contributed by atoms with E-state index in [0.29, 0.717) is 28.1 Å². The molecule has 0 aliphatic carbocycles. The van der Waals surface area contributed by atoms with Crippen molar-refractivity contribution < 1.29 is 18.8 Å². The van der Waals surface area contributed by atoms with Crippen LogP contribution in [0.25, 0.3) is 11.4 Å². The first-order valence-electron chi connectivity index (χ1n) is 7.05. The lowest BCUT2D eigenvalue weighted by Gasteiger charge is -2.04. The van der Waals surface area contributed by atoms with Crippen LogP contribution in [0.15, 0.2) is 53.1 Å². The Morgan fingerprint density at radius 1 is 1.21 bits per heavy atom. The van der Waals surface area contributed by atoms with Gasteiger partial charge in [-0.05, 0) is 36.4 Å². The summed E-state index contributed by atoms with van der Waals surface area (Å²) in [5, 5.41) is 4.50. The lowest BCUT2D eigenvalue weighted by Crippen LogP contribution is -2.01. The van der Waals surface area contributed by atoms with E-state index < -0.39 is 5.97 Å². The van der Waals surface area contributed by atoms with Gasteiger partial charge in [0.1, 0.15) is 5.75 Å². The third-order valence-corrected chi connectivity index (χ3v) is 3.42. The molecule has 0 fully saturated rings. The van der Waals surface area contributed by atoms with E-state index in [1.54, 1.807) is 36.4 Å². The Labute approximate surface area is 143 Å². The van der Waals surface area contributed by atoms with Gasteiger partial charge in [0, 0.05) is 10.6 Å². The van der Waals surface area contributed by atoms with Crippen molar-refractivity contribution in [2.45, 2.75) is 6.61 Å².